The Bertz CT molecular complexity index is 915. The van der Waals surface area contributed by atoms with Gasteiger partial charge < -0.3 is 14.8 Å². The van der Waals surface area contributed by atoms with Crippen molar-refractivity contribution in [2.24, 2.45) is 23.2 Å². The molecule has 1 aromatic heterocycles. The molecule has 0 aliphatic heterocycles. The SMILES string of the molecule is COc1ccccc1OCc1cc(C(=O)NC[C@@H]2C[C@@H]3C=C[C@@H]2C32CC2)n[nH]1. The van der Waals surface area contributed by atoms with Gasteiger partial charge in [-0.1, -0.05) is 24.3 Å². The van der Waals surface area contributed by atoms with Crippen molar-refractivity contribution in [2.45, 2.75) is 25.9 Å². The minimum atomic E-state index is -0.128. The number of nitrogens with zero attached hydrogens (tertiary/aromatic N) is 1. The van der Waals surface area contributed by atoms with Crippen LogP contribution in [-0.4, -0.2) is 29.8 Å². The van der Waals surface area contributed by atoms with Crippen LogP contribution in [0.15, 0.2) is 42.5 Å². The van der Waals surface area contributed by atoms with E-state index in [0.717, 1.165) is 18.2 Å². The fourth-order valence-electron chi connectivity index (χ4n) is 5.12. The molecule has 2 fully saturated rings. The van der Waals surface area contributed by atoms with Crippen molar-refractivity contribution in [1.82, 2.24) is 15.5 Å². The lowest BCUT2D eigenvalue weighted by Crippen LogP contribution is -2.31. The van der Waals surface area contributed by atoms with E-state index in [-0.39, 0.29) is 5.91 Å². The fraction of sp³-hybridized carbons (Fsp3) is 0.455. The summed E-state index contributed by atoms with van der Waals surface area (Å²) in [5, 5.41) is 10.1. The molecular formula is C22H25N3O3. The van der Waals surface area contributed by atoms with Crippen LogP contribution in [0.4, 0.5) is 0 Å². The van der Waals surface area contributed by atoms with E-state index in [1.807, 2.05) is 24.3 Å². The number of ether oxygens (including phenoxy) is 2. The Hall–Kier alpha value is -2.76. The molecule has 28 heavy (non-hydrogen) atoms. The summed E-state index contributed by atoms with van der Waals surface area (Å²) in [7, 11) is 1.61. The number of methoxy groups -OCH3 is 1. The van der Waals surface area contributed by atoms with Crippen molar-refractivity contribution in [3.05, 3.63) is 53.9 Å². The third kappa shape index (κ3) is 2.87. The zero-order valence-corrected chi connectivity index (χ0v) is 16.0. The van der Waals surface area contributed by atoms with Crippen LogP contribution < -0.4 is 14.8 Å². The van der Waals surface area contributed by atoms with Gasteiger partial charge in [-0.05, 0) is 60.6 Å². The Morgan fingerprint density at radius 3 is 2.86 bits per heavy atom. The van der Waals surface area contributed by atoms with E-state index in [1.54, 1.807) is 13.2 Å². The van der Waals surface area contributed by atoms with E-state index in [2.05, 4.69) is 27.7 Å². The van der Waals surface area contributed by atoms with Gasteiger partial charge >= 0.3 is 0 Å². The van der Waals surface area contributed by atoms with Gasteiger partial charge in [0, 0.05) is 6.54 Å². The molecule has 0 unspecified atom stereocenters. The third-order valence-electron chi connectivity index (χ3n) is 6.69. The average Bonchev–Trinajstić information content (AvgIpc) is 3.14. The molecule has 2 bridgehead atoms. The number of nitrogens with one attached hydrogen (secondary N) is 2. The average molecular weight is 379 g/mol. The quantitative estimate of drug-likeness (QED) is 0.724. The first kappa shape index (κ1) is 17.3. The van der Waals surface area contributed by atoms with Crippen molar-refractivity contribution < 1.29 is 14.3 Å². The summed E-state index contributed by atoms with van der Waals surface area (Å²) in [5.41, 5.74) is 1.71. The van der Waals surface area contributed by atoms with E-state index in [1.165, 1.54) is 19.3 Å². The number of aromatic nitrogens is 2. The first-order chi connectivity index (χ1) is 13.7. The minimum Gasteiger partial charge on any atom is -0.493 e. The van der Waals surface area contributed by atoms with Gasteiger partial charge in [-0.15, -0.1) is 0 Å². The van der Waals surface area contributed by atoms with E-state index >= 15 is 0 Å². The van der Waals surface area contributed by atoms with Crippen LogP contribution in [0.25, 0.3) is 0 Å². The summed E-state index contributed by atoms with van der Waals surface area (Å²) in [6.07, 6.45) is 8.71. The first-order valence-electron chi connectivity index (χ1n) is 9.96. The fourth-order valence-corrected chi connectivity index (χ4v) is 5.12. The number of rotatable bonds is 7. The zero-order chi connectivity index (χ0) is 19.1. The number of hydrogen-bond acceptors (Lipinski definition) is 4. The molecule has 3 atom stereocenters. The minimum absolute atomic E-state index is 0.128. The van der Waals surface area contributed by atoms with Crippen LogP contribution >= 0.6 is 0 Å². The molecule has 6 nitrogen and oxygen atoms in total. The number of hydrogen-bond donors (Lipinski definition) is 2. The van der Waals surface area contributed by atoms with Gasteiger partial charge in [-0.3, -0.25) is 9.89 Å². The standard InChI is InChI=1S/C22H25N3O3/c1-27-19-4-2-3-5-20(19)28-13-16-11-18(25-24-16)21(26)23-12-14-10-15-6-7-17(14)22(15)8-9-22/h2-7,11,14-15,17H,8-10,12-13H2,1H3,(H,23,26)(H,24,25)/t14-,15-,17-/m0/s1. The number of H-pyrrole nitrogens is 1. The van der Waals surface area contributed by atoms with Gasteiger partial charge in [0.2, 0.25) is 0 Å². The normalized spacial score (nSPS) is 25.8. The zero-order valence-electron chi connectivity index (χ0n) is 16.0. The summed E-state index contributed by atoms with van der Waals surface area (Å²) < 4.78 is 11.1. The van der Waals surface area contributed by atoms with Gasteiger partial charge in [0.1, 0.15) is 12.3 Å². The maximum Gasteiger partial charge on any atom is 0.271 e. The summed E-state index contributed by atoms with van der Waals surface area (Å²) in [5.74, 6) is 3.16. The number of benzene rings is 1. The second-order valence-corrected chi connectivity index (χ2v) is 8.17. The second-order valence-electron chi connectivity index (χ2n) is 8.17. The number of carbonyl (C=O) groups is 1. The molecule has 6 heteroatoms. The van der Waals surface area contributed by atoms with Gasteiger partial charge in [-0.25, -0.2) is 0 Å². The summed E-state index contributed by atoms with van der Waals surface area (Å²) >= 11 is 0. The van der Waals surface area contributed by atoms with Crippen LogP contribution in [0.5, 0.6) is 11.5 Å². The number of amides is 1. The molecule has 5 rings (SSSR count). The number of allylic oxidation sites excluding steroid dienone is 2. The summed E-state index contributed by atoms with van der Waals surface area (Å²) in [6, 6.07) is 9.21. The monoisotopic (exact) mass is 379 g/mol. The van der Waals surface area contributed by atoms with Crippen LogP contribution in [-0.2, 0) is 6.61 Å². The number of carbonyl (C=O) groups excluding carboxylic acids is 1. The molecule has 3 aliphatic rings. The van der Waals surface area contributed by atoms with Crippen molar-refractivity contribution in [3.8, 4) is 11.5 Å². The molecule has 1 spiro atoms. The molecular weight excluding hydrogens is 354 g/mol. The van der Waals surface area contributed by atoms with E-state index < -0.39 is 0 Å². The van der Waals surface area contributed by atoms with Gasteiger partial charge in [-0.2, -0.15) is 5.10 Å². The Kier molecular flexibility index (Phi) is 4.14. The van der Waals surface area contributed by atoms with Crippen molar-refractivity contribution in [1.29, 1.82) is 0 Å². The molecule has 2 saturated carbocycles. The van der Waals surface area contributed by atoms with Gasteiger partial charge in [0.25, 0.3) is 5.91 Å². The molecule has 2 aromatic rings. The summed E-state index contributed by atoms with van der Waals surface area (Å²) in [6.45, 7) is 1.02. The Morgan fingerprint density at radius 2 is 2.11 bits per heavy atom. The molecule has 0 saturated heterocycles. The number of para-hydroxylation sites is 2. The highest BCUT2D eigenvalue weighted by atomic mass is 16.5. The van der Waals surface area contributed by atoms with E-state index in [9.17, 15) is 4.79 Å². The van der Waals surface area contributed by atoms with Gasteiger partial charge in [0.15, 0.2) is 11.5 Å². The lowest BCUT2D eigenvalue weighted by atomic mass is 9.89. The van der Waals surface area contributed by atoms with Crippen LogP contribution in [0.2, 0.25) is 0 Å². The largest absolute Gasteiger partial charge is 0.493 e. The molecule has 2 N–H and O–H groups in total. The first-order valence-corrected chi connectivity index (χ1v) is 9.96. The highest BCUT2D eigenvalue weighted by Crippen LogP contribution is 2.69. The Balaban J connectivity index is 1.15. The predicted octanol–water partition coefficient (Wildman–Crippen LogP) is 3.33. The van der Waals surface area contributed by atoms with Crippen LogP contribution in [0.3, 0.4) is 0 Å². The molecule has 3 aliphatic carbocycles. The van der Waals surface area contributed by atoms with Crippen LogP contribution in [0, 0.1) is 23.2 Å². The maximum atomic E-state index is 12.5. The molecule has 146 valence electrons. The lowest BCUT2D eigenvalue weighted by Gasteiger charge is -2.19. The third-order valence-corrected chi connectivity index (χ3v) is 6.69. The van der Waals surface area contributed by atoms with E-state index in [0.29, 0.717) is 41.1 Å². The second kappa shape index (κ2) is 6.69. The van der Waals surface area contributed by atoms with E-state index in [4.69, 9.17) is 9.47 Å². The lowest BCUT2D eigenvalue weighted by molar-refractivity contribution is 0.0939. The molecule has 1 heterocycles. The molecule has 1 amide bonds. The smallest absolute Gasteiger partial charge is 0.271 e. The topological polar surface area (TPSA) is 76.2 Å². The highest BCUT2D eigenvalue weighted by molar-refractivity contribution is 5.92. The number of aromatic amines is 1. The predicted molar refractivity (Wildman–Crippen MR) is 104 cm³/mol. The van der Waals surface area contributed by atoms with Gasteiger partial charge in [0.05, 0.1) is 12.8 Å². The van der Waals surface area contributed by atoms with Crippen LogP contribution in [0.1, 0.15) is 35.4 Å². The molecule has 1 aromatic carbocycles. The van der Waals surface area contributed by atoms with Crippen molar-refractivity contribution in [3.63, 3.8) is 0 Å². The molecule has 0 radical (unpaired) electrons. The van der Waals surface area contributed by atoms with Crippen molar-refractivity contribution >= 4 is 5.91 Å². The maximum absolute atomic E-state index is 12.5. The Labute approximate surface area is 164 Å². The Morgan fingerprint density at radius 1 is 1.29 bits per heavy atom. The highest BCUT2D eigenvalue weighted by Gasteiger charge is 2.62. The van der Waals surface area contributed by atoms with Crippen molar-refractivity contribution in [2.75, 3.05) is 13.7 Å². The summed E-state index contributed by atoms with van der Waals surface area (Å²) in [4.78, 5) is 12.5.